The van der Waals surface area contributed by atoms with Crippen LogP contribution < -0.4 is 5.32 Å². The second-order valence-electron chi connectivity index (χ2n) is 7.10. The minimum absolute atomic E-state index is 0.00306. The second-order valence-corrected chi connectivity index (χ2v) is 7.10. The van der Waals surface area contributed by atoms with Gasteiger partial charge in [0.2, 0.25) is 12.3 Å². The molecular weight excluding hydrogens is 330 g/mol. The molecule has 0 aromatic carbocycles. The summed E-state index contributed by atoms with van der Waals surface area (Å²) in [5, 5.41) is 11.2. The number of aryl methyl sites for hydroxylation is 1. The van der Waals surface area contributed by atoms with E-state index in [1.54, 1.807) is 0 Å². The minimum Gasteiger partial charge on any atom is -0.351 e. The monoisotopic (exact) mass is 356 g/mol. The Morgan fingerprint density at radius 3 is 2.88 bits per heavy atom. The lowest BCUT2D eigenvalue weighted by Gasteiger charge is -2.23. The molecule has 1 unspecified atom stereocenters. The molecule has 1 atom stereocenters. The van der Waals surface area contributed by atoms with Gasteiger partial charge in [0.15, 0.2) is 0 Å². The first-order valence-corrected chi connectivity index (χ1v) is 9.27. The first-order valence-electron chi connectivity index (χ1n) is 9.27. The molecule has 138 valence electrons. The molecule has 26 heavy (non-hydrogen) atoms. The van der Waals surface area contributed by atoms with Gasteiger partial charge in [-0.3, -0.25) is 9.36 Å². The Morgan fingerprint density at radius 2 is 2.15 bits per heavy atom. The number of amides is 2. The first-order chi connectivity index (χ1) is 12.5. The Hall–Kier alpha value is -2.57. The third-order valence-corrected chi connectivity index (χ3v) is 4.59. The Bertz CT molecular complexity index is 801. The van der Waals surface area contributed by atoms with Crippen molar-refractivity contribution >= 4 is 17.5 Å². The van der Waals surface area contributed by atoms with Crippen molar-refractivity contribution in [1.29, 1.82) is 0 Å². The summed E-state index contributed by atoms with van der Waals surface area (Å²) in [7, 11) is 0. The summed E-state index contributed by atoms with van der Waals surface area (Å²) < 4.78 is 3.42. The van der Waals surface area contributed by atoms with E-state index in [9.17, 15) is 9.59 Å². The van der Waals surface area contributed by atoms with Gasteiger partial charge in [-0.1, -0.05) is 39.0 Å². The maximum absolute atomic E-state index is 13.0. The smallest absolute Gasteiger partial charge is 0.351 e. The van der Waals surface area contributed by atoms with E-state index in [0.717, 1.165) is 30.8 Å². The predicted octanol–water partition coefficient (Wildman–Crippen LogP) is 1.67. The number of aromatic nitrogens is 3. The minimum atomic E-state index is -0.273. The van der Waals surface area contributed by atoms with Crippen LogP contribution in [0, 0.1) is 5.92 Å². The van der Waals surface area contributed by atoms with E-state index in [2.05, 4.69) is 36.3 Å². The van der Waals surface area contributed by atoms with Crippen molar-refractivity contribution in [1.82, 2.24) is 20.1 Å². The van der Waals surface area contributed by atoms with E-state index in [-0.39, 0.29) is 24.4 Å². The van der Waals surface area contributed by atoms with E-state index in [4.69, 9.17) is 0 Å². The lowest BCUT2D eigenvalue weighted by Crippen LogP contribution is -2.45. The van der Waals surface area contributed by atoms with Crippen molar-refractivity contribution in [2.75, 3.05) is 13.1 Å². The maximum Gasteiger partial charge on any atom is 0.457 e. The quantitative estimate of drug-likeness (QED) is 0.754. The molecule has 0 saturated carbocycles. The van der Waals surface area contributed by atoms with Gasteiger partial charge in [-0.05, 0) is 18.8 Å². The van der Waals surface area contributed by atoms with E-state index >= 15 is 0 Å². The molecule has 1 N–H and O–H groups in total. The summed E-state index contributed by atoms with van der Waals surface area (Å²) in [6, 6.07) is -0.146. The van der Waals surface area contributed by atoms with Gasteiger partial charge in [0.1, 0.15) is 11.9 Å². The van der Waals surface area contributed by atoms with Crippen LogP contribution in [0.25, 0.3) is 0 Å². The lowest BCUT2D eigenvalue weighted by molar-refractivity contribution is -0.421. The number of fused-ring (bicyclic) bond motifs is 3. The van der Waals surface area contributed by atoms with Gasteiger partial charge >= 0.3 is 5.91 Å². The Morgan fingerprint density at radius 1 is 1.35 bits per heavy atom. The van der Waals surface area contributed by atoms with Crippen molar-refractivity contribution in [3.63, 3.8) is 0 Å². The van der Waals surface area contributed by atoms with Crippen molar-refractivity contribution in [3.8, 4) is 0 Å². The molecule has 7 nitrogen and oxygen atoms in total. The van der Waals surface area contributed by atoms with Crippen LogP contribution in [0.3, 0.4) is 0 Å². The van der Waals surface area contributed by atoms with E-state index < -0.39 is 0 Å². The van der Waals surface area contributed by atoms with Crippen molar-refractivity contribution in [3.05, 3.63) is 36.0 Å². The van der Waals surface area contributed by atoms with Crippen molar-refractivity contribution < 1.29 is 14.2 Å². The summed E-state index contributed by atoms with van der Waals surface area (Å²) in [4.78, 5) is 25.3. The molecule has 7 heteroatoms. The number of hydrogen-bond acceptors (Lipinski definition) is 4. The summed E-state index contributed by atoms with van der Waals surface area (Å²) >= 11 is 0. The molecule has 0 spiro atoms. The zero-order valence-electron chi connectivity index (χ0n) is 15.6. The molecule has 0 fully saturated rings. The van der Waals surface area contributed by atoms with Crippen LogP contribution >= 0.6 is 0 Å². The predicted molar refractivity (Wildman–Crippen MR) is 98.3 cm³/mol. The Kier molecular flexibility index (Phi) is 5.44. The molecule has 0 radical (unpaired) electrons. The normalized spacial score (nSPS) is 18.3. The Balaban J connectivity index is 1.87. The highest BCUT2D eigenvalue weighted by Gasteiger charge is 2.42. The van der Waals surface area contributed by atoms with Gasteiger partial charge in [0.05, 0.1) is 0 Å². The fourth-order valence-corrected chi connectivity index (χ4v) is 3.25. The van der Waals surface area contributed by atoms with Gasteiger partial charge in [0.25, 0.3) is 11.7 Å². The summed E-state index contributed by atoms with van der Waals surface area (Å²) in [5.74, 6) is 1.20. The Labute approximate surface area is 153 Å². The zero-order chi connectivity index (χ0) is 18.7. The molecule has 1 aliphatic carbocycles. The first kappa shape index (κ1) is 18.2. The molecule has 0 saturated heterocycles. The van der Waals surface area contributed by atoms with Crippen LogP contribution in [0.4, 0.5) is 0 Å². The standard InChI is InChI=1S/C19H25N5O2/c1-4-7-16-21-22-18-19(26)23(12-17(25)20-11-10-13(2)3)14-8-5-6-9-15(14)24(16)18/h5-6,8-9,13,15H,4,7,10-12H2,1-3H3/p+1. The molecule has 2 aliphatic rings. The zero-order valence-corrected chi connectivity index (χ0v) is 15.6. The van der Waals surface area contributed by atoms with Gasteiger partial charge in [0, 0.05) is 19.0 Å². The number of rotatable bonds is 7. The molecule has 1 aromatic heterocycles. The second kappa shape index (κ2) is 7.76. The number of nitrogens with zero attached hydrogens (tertiary/aromatic N) is 4. The average molecular weight is 356 g/mol. The number of carbonyl (C=O) groups is 2. The van der Waals surface area contributed by atoms with Crippen LogP contribution in [-0.4, -0.2) is 50.0 Å². The van der Waals surface area contributed by atoms with E-state index in [0.29, 0.717) is 18.3 Å². The van der Waals surface area contributed by atoms with Gasteiger partial charge in [-0.2, -0.15) is 0 Å². The van der Waals surface area contributed by atoms with Gasteiger partial charge in [-0.15, -0.1) is 14.8 Å². The van der Waals surface area contributed by atoms with Gasteiger partial charge in [-0.25, -0.2) is 4.79 Å². The molecular formula is C19H26N5O2+. The van der Waals surface area contributed by atoms with Crippen LogP contribution in [0.5, 0.6) is 0 Å². The number of hydrogen-bond donors (Lipinski definition) is 1. The molecule has 3 rings (SSSR count). The van der Waals surface area contributed by atoms with E-state index in [1.165, 1.54) is 4.58 Å². The largest absolute Gasteiger partial charge is 0.457 e. The number of nitrogens with one attached hydrogen (secondary N) is 1. The van der Waals surface area contributed by atoms with Crippen molar-refractivity contribution in [2.45, 2.75) is 46.1 Å². The highest BCUT2D eigenvalue weighted by Crippen LogP contribution is 2.25. The molecule has 2 amide bonds. The average Bonchev–Trinajstić information content (AvgIpc) is 3.03. The summed E-state index contributed by atoms with van der Waals surface area (Å²) in [6.07, 6.45) is 10.3. The molecule has 2 heterocycles. The van der Waals surface area contributed by atoms with Crippen LogP contribution in [0.1, 0.15) is 56.1 Å². The number of carbonyl (C=O) groups excluding carboxylic acids is 2. The highest BCUT2D eigenvalue weighted by molar-refractivity contribution is 6.04. The SMILES string of the molecule is CCCc1nnc2n1C1C=CC=CC1=[N+](CC(=O)NCCC(C)C)C2=O. The summed E-state index contributed by atoms with van der Waals surface area (Å²) in [5.41, 5.74) is 0.793. The van der Waals surface area contributed by atoms with Crippen LogP contribution in [0.15, 0.2) is 24.3 Å². The third kappa shape index (κ3) is 3.52. The third-order valence-electron chi connectivity index (χ3n) is 4.59. The van der Waals surface area contributed by atoms with Gasteiger partial charge < -0.3 is 5.32 Å². The lowest BCUT2D eigenvalue weighted by atomic mass is 10.0. The molecule has 1 aromatic rings. The maximum atomic E-state index is 13.0. The topological polar surface area (TPSA) is 79.9 Å². The summed E-state index contributed by atoms with van der Waals surface area (Å²) in [6.45, 7) is 6.91. The molecule has 1 aliphatic heterocycles. The van der Waals surface area contributed by atoms with Crippen LogP contribution in [-0.2, 0) is 11.2 Å². The fourth-order valence-electron chi connectivity index (χ4n) is 3.25. The van der Waals surface area contributed by atoms with E-state index in [1.807, 2.05) is 28.9 Å². The highest BCUT2D eigenvalue weighted by atomic mass is 16.2. The fraction of sp³-hybridized carbons (Fsp3) is 0.526. The van der Waals surface area contributed by atoms with Crippen molar-refractivity contribution in [2.24, 2.45) is 5.92 Å². The molecule has 0 bridgehead atoms. The van der Waals surface area contributed by atoms with Crippen LogP contribution in [0.2, 0.25) is 0 Å². The number of allylic oxidation sites excluding steroid dienone is 4.